The molecule has 0 amide bonds. The summed E-state index contributed by atoms with van der Waals surface area (Å²) in [6.45, 7) is 5.05. The molecule has 0 saturated carbocycles. The van der Waals surface area contributed by atoms with Crippen molar-refractivity contribution in [1.82, 2.24) is 9.62 Å². The smallest absolute Gasteiger partial charge is 0.250 e. The molecule has 0 spiro atoms. The minimum Gasteiger partial charge on any atom is -0.326 e. The van der Waals surface area contributed by atoms with Crippen molar-refractivity contribution in [2.24, 2.45) is 5.73 Å². The van der Waals surface area contributed by atoms with Crippen LogP contribution >= 0.6 is 11.3 Å². The molecule has 0 bridgehead atoms. The topological polar surface area (TPSA) is 75.4 Å². The van der Waals surface area contributed by atoms with Crippen LogP contribution in [0.3, 0.4) is 0 Å². The van der Waals surface area contributed by atoms with Crippen LogP contribution in [0.5, 0.6) is 0 Å². The molecule has 0 aromatic carbocycles. The van der Waals surface area contributed by atoms with Crippen molar-refractivity contribution in [1.29, 1.82) is 0 Å². The zero-order valence-corrected chi connectivity index (χ0v) is 13.5. The Morgan fingerprint density at radius 3 is 2.65 bits per heavy atom. The van der Waals surface area contributed by atoms with Crippen molar-refractivity contribution in [3.8, 4) is 0 Å². The Bertz CT molecular complexity index is 521. The highest BCUT2D eigenvalue weighted by Crippen LogP contribution is 2.21. The van der Waals surface area contributed by atoms with E-state index >= 15 is 0 Å². The molecule has 20 heavy (non-hydrogen) atoms. The number of hydrogen-bond acceptors (Lipinski definition) is 5. The van der Waals surface area contributed by atoms with E-state index in [0.717, 1.165) is 18.0 Å². The molecule has 1 aromatic heterocycles. The Kier molecular flexibility index (Phi) is 5.57. The Morgan fingerprint density at radius 2 is 2.05 bits per heavy atom. The third-order valence-corrected chi connectivity index (χ3v) is 6.71. The predicted octanol–water partition coefficient (Wildman–Crippen LogP) is 1.36. The summed E-state index contributed by atoms with van der Waals surface area (Å²) in [5, 5.41) is 0. The number of piperidine rings is 1. The fraction of sp³-hybridized carbons (Fsp3) is 0.692. The normalized spacial score (nSPS) is 19.1. The summed E-state index contributed by atoms with van der Waals surface area (Å²) in [5.41, 5.74) is 5.51. The molecule has 7 heteroatoms. The van der Waals surface area contributed by atoms with Crippen LogP contribution in [0, 0.1) is 0 Å². The maximum atomic E-state index is 12.2. The Balaban J connectivity index is 1.91. The van der Waals surface area contributed by atoms with Crippen LogP contribution in [0.4, 0.5) is 0 Å². The summed E-state index contributed by atoms with van der Waals surface area (Å²) >= 11 is 1.24. The second kappa shape index (κ2) is 7.00. The molecular formula is C13H23N3O2S2. The van der Waals surface area contributed by atoms with Gasteiger partial charge in [-0.3, -0.25) is 4.90 Å². The van der Waals surface area contributed by atoms with Gasteiger partial charge in [0, 0.05) is 24.0 Å². The van der Waals surface area contributed by atoms with Crippen molar-refractivity contribution in [3.63, 3.8) is 0 Å². The number of nitrogens with two attached hydrogens (primary N) is 1. The summed E-state index contributed by atoms with van der Waals surface area (Å²) in [5.74, 6) is 0. The lowest BCUT2D eigenvalue weighted by molar-refractivity contribution is 0.175. The largest absolute Gasteiger partial charge is 0.326 e. The van der Waals surface area contributed by atoms with Gasteiger partial charge in [-0.1, -0.05) is 6.42 Å². The quantitative estimate of drug-likeness (QED) is 0.831. The molecule has 1 aliphatic rings. The first kappa shape index (κ1) is 15.9. The Morgan fingerprint density at radius 1 is 1.35 bits per heavy atom. The first-order valence-corrected chi connectivity index (χ1v) is 9.35. The number of hydrogen-bond donors (Lipinski definition) is 2. The van der Waals surface area contributed by atoms with Crippen LogP contribution in [-0.4, -0.2) is 39.0 Å². The second-order valence-electron chi connectivity index (χ2n) is 5.22. The van der Waals surface area contributed by atoms with Crippen LogP contribution in [0.2, 0.25) is 0 Å². The number of sulfonamides is 1. The lowest BCUT2D eigenvalue weighted by Crippen LogP contribution is -2.44. The summed E-state index contributed by atoms with van der Waals surface area (Å²) < 4.78 is 27.4. The van der Waals surface area contributed by atoms with Gasteiger partial charge in [0.25, 0.3) is 0 Å². The zero-order valence-electron chi connectivity index (χ0n) is 11.8. The molecule has 1 unspecified atom stereocenters. The van der Waals surface area contributed by atoms with Gasteiger partial charge in [-0.15, -0.1) is 11.3 Å². The van der Waals surface area contributed by atoms with Gasteiger partial charge in [-0.05, 0) is 45.0 Å². The molecule has 3 N–H and O–H groups in total. The van der Waals surface area contributed by atoms with Gasteiger partial charge in [0.2, 0.25) is 10.0 Å². The molecule has 1 fully saturated rings. The Hall–Kier alpha value is -0.470. The fourth-order valence-electron chi connectivity index (χ4n) is 2.40. The van der Waals surface area contributed by atoms with Crippen LogP contribution in [0.1, 0.15) is 31.1 Å². The molecule has 1 atom stereocenters. The van der Waals surface area contributed by atoms with Gasteiger partial charge in [0.15, 0.2) is 0 Å². The lowest BCUT2D eigenvalue weighted by atomic mass is 10.1. The van der Waals surface area contributed by atoms with Crippen molar-refractivity contribution in [2.45, 2.75) is 43.0 Å². The first-order chi connectivity index (χ1) is 9.53. The van der Waals surface area contributed by atoms with E-state index < -0.39 is 10.0 Å². The van der Waals surface area contributed by atoms with Crippen LogP contribution in [0.25, 0.3) is 0 Å². The van der Waals surface area contributed by atoms with E-state index in [4.69, 9.17) is 5.73 Å². The van der Waals surface area contributed by atoms with E-state index in [1.54, 1.807) is 12.1 Å². The Labute approximate surface area is 125 Å². The number of rotatable bonds is 6. The molecular weight excluding hydrogens is 294 g/mol. The SMILES string of the molecule is CC(CNS(=O)(=O)c1ccc(CN)s1)N1CCCCC1. The summed E-state index contributed by atoms with van der Waals surface area (Å²) in [7, 11) is -3.40. The van der Waals surface area contributed by atoms with E-state index in [9.17, 15) is 8.42 Å². The number of nitrogens with zero attached hydrogens (tertiary/aromatic N) is 1. The van der Waals surface area contributed by atoms with Crippen molar-refractivity contribution in [2.75, 3.05) is 19.6 Å². The molecule has 0 radical (unpaired) electrons. The van der Waals surface area contributed by atoms with Crippen molar-refractivity contribution in [3.05, 3.63) is 17.0 Å². The van der Waals surface area contributed by atoms with E-state index in [0.29, 0.717) is 17.3 Å². The van der Waals surface area contributed by atoms with Gasteiger partial charge in [0.1, 0.15) is 4.21 Å². The average Bonchev–Trinajstić information content (AvgIpc) is 2.95. The monoisotopic (exact) mass is 317 g/mol. The highest BCUT2D eigenvalue weighted by Gasteiger charge is 2.21. The number of likely N-dealkylation sites (tertiary alicyclic amines) is 1. The lowest BCUT2D eigenvalue weighted by Gasteiger charge is -2.32. The maximum absolute atomic E-state index is 12.2. The summed E-state index contributed by atoms with van der Waals surface area (Å²) in [6.07, 6.45) is 3.70. The van der Waals surface area contributed by atoms with Crippen molar-refractivity contribution < 1.29 is 8.42 Å². The summed E-state index contributed by atoms with van der Waals surface area (Å²) in [4.78, 5) is 3.24. The zero-order chi connectivity index (χ0) is 14.6. The van der Waals surface area contributed by atoms with E-state index in [1.165, 1.54) is 30.6 Å². The third-order valence-electron chi connectivity index (χ3n) is 3.69. The van der Waals surface area contributed by atoms with Gasteiger partial charge in [0.05, 0.1) is 0 Å². The molecule has 5 nitrogen and oxygen atoms in total. The van der Waals surface area contributed by atoms with Gasteiger partial charge in [-0.2, -0.15) is 0 Å². The molecule has 114 valence electrons. The van der Waals surface area contributed by atoms with Gasteiger partial charge < -0.3 is 5.73 Å². The average molecular weight is 317 g/mol. The first-order valence-electron chi connectivity index (χ1n) is 7.05. The molecule has 1 aromatic rings. The fourth-order valence-corrected chi connectivity index (χ4v) is 4.80. The molecule has 0 aliphatic carbocycles. The standard InChI is InChI=1S/C13H23N3O2S2/c1-11(16-7-3-2-4-8-16)10-15-20(17,18)13-6-5-12(9-14)19-13/h5-6,11,15H,2-4,7-10,14H2,1H3. The van der Waals surface area contributed by atoms with E-state index in [1.807, 2.05) is 0 Å². The van der Waals surface area contributed by atoms with E-state index in [2.05, 4.69) is 16.5 Å². The third kappa shape index (κ3) is 4.02. The van der Waals surface area contributed by atoms with Crippen molar-refractivity contribution >= 4 is 21.4 Å². The number of thiophene rings is 1. The summed E-state index contributed by atoms with van der Waals surface area (Å²) in [6, 6.07) is 3.63. The highest BCUT2D eigenvalue weighted by atomic mass is 32.2. The minimum atomic E-state index is -3.40. The highest BCUT2D eigenvalue weighted by molar-refractivity contribution is 7.91. The maximum Gasteiger partial charge on any atom is 0.250 e. The molecule has 1 saturated heterocycles. The molecule has 1 aliphatic heterocycles. The molecule has 2 rings (SSSR count). The van der Waals surface area contributed by atoms with E-state index in [-0.39, 0.29) is 6.04 Å². The second-order valence-corrected chi connectivity index (χ2v) is 8.38. The number of nitrogens with one attached hydrogen (secondary N) is 1. The van der Waals surface area contributed by atoms with Gasteiger partial charge in [-0.25, -0.2) is 13.1 Å². The van der Waals surface area contributed by atoms with Crippen LogP contribution in [-0.2, 0) is 16.6 Å². The van der Waals surface area contributed by atoms with Gasteiger partial charge >= 0.3 is 0 Å². The minimum absolute atomic E-state index is 0.235. The van der Waals surface area contributed by atoms with Crippen LogP contribution in [0.15, 0.2) is 16.3 Å². The molecule has 2 heterocycles. The van der Waals surface area contributed by atoms with Crippen LogP contribution < -0.4 is 10.5 Å². The predicted molar refractivity (Wildman–Crippen MR) is 82.3 cm³/mol.